The summed E-state index contributed by atoms with van der Waals surface area (Å²) in [5, 5.41) is 12.3. The number of benzene rings is 2. The van der Waals surface area contributed by atoms with Crippen molar-refractivity contribution in [3.63, 3.8) is 0 Å². The number of allylic oxidation sites excluding steroid dienone is 2. The average Bonchev–Trinajstić information content (AvgIpc) is 2.87. The average molecular weight is 707 g/mol. The number of aliphatic hydroxyl groups is 1. The van der Waals surface area contributed by atoms with Gasteiger partial charge in [-0.15, -0.1) is 34.9 Å². The van der Waals surface area contributed by atoms with Crippen molar-refractivity contribution in [2.75, 3.05) is 0 Å². The van der Waals surface area contributed by atoms with Gasteiger partial charge in [-0.3, -0.25) is 4.79 Å². The van der Waals surface area contributed by atoms with Crippen molar-refractivity contribution >= 4 is 16.6 Å². The molecule has 0 amide bonds. The first-order valence-corrected chi connectivity index (χ1v) is 14.0. The number of hydrogen-bond acceptors (Lipinski definition) is 3. The van der Waals surface area contributed by atoms with E-state index in [1.165, 1.54) is 33.5 Å². The van der Waals surface area contributed by atoms with Crippen LogP contribution in [0.1, 0.15) is 103 Å². The summed E-state index contributed by atoms with van der Waals surface area (Å²) in [4.78, 5) is 16.5. The van der Waals surface area contributed by atoms with Gasteiger partial charge in [0.2, 0.25) is 0 Å². The smallest absolute Gasteiger partial charge is 0.164 e. The van der Waals surface area contributed by atoms with Gasteiger partial charge in [-0.25, -0.2) is 0 Å². The number of ketones is 1. The quantitative estimate of drug-likeness (QED) is 0.144. The molecular weight excluding hydrogens is 659 g/mol. The van der Waals surface area contributed by atoms with Gasteiger partial charge in [0.15, 0.2) is 5.78 Å². The van der Waals surface area contributed by atoms with Crippen molar-refractivity contribution in [3.8, 4) is 11.3 Å². The molecule has 0 aliphatic rings. The molecule has 2 aromatic carbocycles. The fourth-order valence-electron chi connectivity index (χ4n) is 4.21. The third-order valence-electron chi connectivity index (χ3n) is 8.09. The van der Waals surface area contributed by atoms with Crippen LogP contribution in [0.4, 0.5) is 0 Å². The molecule has 1 unspecified atom stereocenters. The summed E-state index contributed by atoms with van der Waals surface area (Å²) in [6.07, 6.45) is 6.07. The number of pyridine rings is 1. The van der Waals surface area contributed by atoms with Gasteiger partial charge >= 0.3 is 0 Å². The van der Waals surface area contributed by atoms with Crippen LogP contribution in [0.3, 0.4) is 0 Å². The van der Waals surface area contributed by atoms with Gasteiger partial charge in [0.05, 0.1) is 0 Å². The molecule has 0 saturated heterocycles. The van der Waals surface area contributed by atoms with Crippen molar-refractivity contribution in [2.45, 2.75) is 101 Å². The molecule has 0 fully saturated rings. The third-order valence-corrected chi connectivity index (χ3v) is 8.09. The van der Waals surface area contributed by atoms with E-state index >= 15 is 0 Å². The minimum Gasteiger partial charge on any atom is -0.512 e. The summed E-state index contributed by atoms with van der Waals surface area (Å²) in [6, 6.07) is 14.5. The fraction of sp³-hybridized carbons (Fsp3) is 0.486. The van der Waals surface area contributed by atoms with E-state index in [1.807, 2.05) is 47.7 Å². The van der Waals surface area contributed by atoms with Crippen molar-refractivity contribution < 1.29 is 30.0 Å². The number of nitrogens with zero attached hydrogens (tertiary/aromatic N) is 1. The topological polar surface area (TPSA) is 50.2 Å². The Morgan fingerprint density at radius 1 is 1.00 bits per heavy atom. The number of carbonyl (C=O) groups excluding carboxylic acids is 1. The first-order chi connectivity index (χ1) is 17.7. The molecule has 4 heteroatoms. The summed E-state index contributed by atoms with van der Waals surface area (Å²) in [7, 11) is 0. The van der Waals surface area contributed by atoms with Gasteiger partial charge in [-0.2, -0.15) is 0 Å². The Bertz CT molecular complexity index is 1280. The first kappa shape index (κ1) is 34.7. The first-order valence-electron chi connectivity index (χ1n) is 14.0. The summed E-state index contributed by atoms with van der Waals surface area (Å²) in [6.45, 7) is 22.6. The monoisotopic (exact) mass is 707 g/mol. The van der Waals surface area contributed by atoms with Crippen LogP contribution in [-0.4, -0.2) is 15.9 Å². The van der Waals surface area contributed by atoms with Crippen LogP contribution in [0.2, 0.25) is 0 Å². The van der Waals surface area contributed by atoms with Crippen LogP contribution in [0.15, 0.2) is 48.4 Å². The standard InChI is InChI=1S/C22H24N.C13H24O2.Ir/c1-6-16(4)20-13-18-7-8-23-22(21(18)12-17(20)5)19-10-14(2)9-15(3)11-19;1-7-12(3,4)10(14)9-11(15)13(5,6)8-2;/h7-10,12-13,16H,6H2,1-5H3;9,14H,7-8H2,1-6H3;/q-1;;/b;10-9-;. The minimum atomic E-state index is -0.377. The molecule has 3 rings (SSSR count). The molecule has 0 bridgehead atoms. The molecule has 0 saturated carbocycles. The maximum Gasteiger partial charge on any atom is 0.164 e. The number of fused-ring (bicyclic) bond motifs is 1. The molecule has 1 heterocycles. The van der Waals surface area contributed by atoms with E-state index in [1.54, 1.807) is 0 Å². The van der Waals surface area contributed by atoms with Gasteiger partial charge < -0.3 is 10.1 Å². The number of aromatic nitrogens is 1. The number of carbonyl (C=O) groups is 1. The van der Waals surface area contributed by atoms with E-state index in [0.29, 0.717) is 5.92 Å². The van der Waals surface area contributed by atoms with Gasteiger partial charge in [-0.05, 0) is 65.8 Å². The summed E-state index contributed by atoms with van der Waals surface area (Å²) >= 11 is 0. The second-order valence-electron chi connectivity index (χ2n) is 12.0. The van der Waals surface area contributed by atoms with E-state index in [2.05, 4.69) is 76.0 Å². The molecule has 1 atom stereocenters. The molecule has 3 nitrogen and oxygen atoms in total. The van der Waals surface area contributed by atoms with Crippen molar-refractivity contribution in [1.82, 2.24) is 4.98 Å². The van der Waals surface area contributed by atoms with Gasteiger partial charge in [0, 0.05) is 43.2 Å². The second-order valence-corrected chi connectivity index (χ2v) is 12.0. The van der Waals surface area contributed by atoms with E-state index < -0.39 is 0 Å². The van der Waals surface area contributed by atoms with E-state index in [-0.39, 0.29) is 42.5 Å². The normalized spacial score (nSPS) is 12.8. The van der Waals surface area contributed by atoms with E-state index in [9.17, 15) is 9.90 Å². The molecule has 215 valence electrons. The Hall–Kier alpha value is -2.29. The fourth-order valence-corrected chi connectivity index (χ4v) is 4.21. The Morgan fingerprint density at radius 3 is 2.15 bits per heavy atom. The Balaban J connectivity index is 0.000000418. The Morgan fingerprint density at radius 2 is 1.62 bits per heavy atom. The molecular formula is C35H48IrNO2-. The largest absolute Gasteiger partial charge is 0.512 e. The molecule has 0 aliphatic heterocycles. The maximum atomic E-state index is 11.8. The molecule has 1 radical (unpaired) electrons. The summed E-state index contributed by atoms with van der Waals surface area (Å²) in [5.41, 5.74) is 6.65. The molecule has 0 spiro atoms. The van der Waals surface area contributed by atoms with Gasteiger partial charge in [-0.1, -0.05) is 81.4 Å². The SMILES string of the molecule is CCC(C)(C)C(=O)/C=C(\O)C(C)(C)CC.CCC(C)c1cc2ccnc(-c3[c-]c(C)cc(C)c3)c2cc1C.[Ir]. The second kappa shape index (κ2) is 14.4. The van der Waals surface area contributed by atoms with Crippen molar-refractivity contribution in [1.29, 1.82) is 0 Å². The number of aliphatic hydroxyl groups excluding tert-OH is 1. The zero-order chi connectivity index (χ0) is 28.8. The maximum absolute atomic E-state index is 11.8. The Labute approximate surface area is 250 Å². The molecule has 1 aromatic heterocycles. The molecule has 3 aromatic rings. The Kier molecular flexibility index (Phi) is 12.8. The van der Waals surface area contributed by atoms with E-state index in [0.717, 1.165) is 36.1 Å². The van der Waals surface area contributed by atoms with Crippen molar-refractivity contribution in [3.05, 3.63) is 76.7 Å². The number of aryl methyl sites for hydroxylation is 3. The predicted molar refractivity (Wildman–Crippen MR) is 163 cm³/mol. The number of rotatable bonds is 8. The molecule has 1 N–H and O–H groups in total. The summed E-state index contributed by atoms with van der Waals surface area (Å²) in [5.74, 6) is 0.782. The van der Waals surface area contributed by atoms with Crippen LogP contribution in [0, 0.1) is 37.7 Å². The van der Waals surface area contributed by atoms with Crippen LogP contribution in [-0.2, 0) is 24.9 Å². The van der Waals surface area contributed by atoms with Crippen LogP contribution < -0.4 is 0 Å². The van der Waals surface area contributed by atoms with Gasteiger partial charge in [0.25, 0.3) is 0 Å². The van der Waals surface area contributed by atoms with Crippen LogP contribution >= 0.6 is 0 Å². The minimum absolute atomic E-state index is 0. The molecule has 39 heavy (non-hydrogen) atoms. The van der Waals surface area contributed by atoms with Crippen molar-refractivity contribution in [2.24, 2.45) is 10.8 Å². The zero-order valence-electron chi connectivity index (χ0n) is 25.9. The predicted octanol–water partition coefficient (Wildman–Crippen LogP) is 10.0. The van der Waals surface area contributed by atoms with Crippen LogP contribution in [0.25, 0.3) is 22.0 Å². The summed E-state index contributed by atoms with van der Waals surface area (Å²) < 4.78 is 0. The van der Waals surface area contributed by atoms with Crippen LogP contribution in [0.5, 0.6) is 0 Å². The third kappa shape index (κ3) is 8.85. The molecule has 0 aliphatic carbocycles. The van der Waals surface area contributed by atoms with Gasteiger partial charge in [0.1, 0.15) is 5.76 Å². The van der Waals surface area contributed by atoms with E-state index in [4.69, 9.17) is 0 Å². The number of hydrogen-bond donors (Lipinski definition) is 1. The zero-order valence-corrected chi connectivity index (χ0v) is 28.3.